The lowest BCUT2D eigenvalue weighted by molar-refractivity contribution is -0.119. The van der Waals surface area contributed by atoms with Crippen molar-refractivity contribution in [3.05, 3.63) is 45.3 Å². The maximum absolute atomic E-state index is 12.7. The molecule has 27 heavy (non-hydrogen) atoms. The number of carbonyl (C=O) groups excluding carboxylic acids is 1. The topological polar surface area (TPSA) is 73.2 Å². The van der Waals surface area contributed by atoms with Crippen LogP contribution in [-0.2, 0) is 16.8 Å². The summed E-state index contributed by atoms with van der Waals surface area (Å²) in [5.41, 5.74) is 0.944. The fraction of sp³-hybridized carbons (Fsp3) is 0.421. The molecule has 0 aliphatic carbocycles. The number of thioether (sulfide) groups is 1. The van der Waals surface area contributed by atoms with E-state index in [0.717, 1.165) is 5.69 Å². The number of nitrogens with zero attached hydrogens (tertiary/aromatic N) is 2. The number of ether oxygens (including phenoxy) is 1. The van der Waals surface area contributed by atoms with Crippen LogP contribution in [0.2, 0.25) is 5.02 Å². The van der Waals surface area contributed by atoms with Crippen LogP contribution in [0.1, 0.15) is 26.5 Å². The molecule has 0 saturated carbocycles. The number of methoxy groups -OCH3 is 1. The number of benzene rings is 1. The van der Waals surface area contributed by atoms with Gasteiger partial charge in [0.25, 0.3) is 5.56 Å². The molecule has 0 saturated heterocycles. The van der Waals surface area contributed by atoms with E-state index < -0.39 is 0 Å². The summed E-state index contributed by atoms with van der Waals surface area (Å²) in [6, 6.07) is 6.60. The summed E-state index contributed by atoms with van der Waals surface area (Å²) in [5.74, 6) is 0.548. The Balaban J connectivity index is 1.81. The van der Waals surface area contributed by atoms with Gasteiger partial charge in [-0.2, -0.15) is 0 Å². The summed E-state index contributed by atoms with van der Waals surface area (Å²) in [6.07, 6.45) is 0. The van der Waals surface area contributed by atoms with Crippen LogP contribution in [0.3, 0.4) is 0 Å². The molecule has 144 valence electrons. The lowest BCUT2D eigenvalue weighted by Crippen LogP contribution is -2.37. The lowest BCUT2D eigenvalue weighted by Gasteiger charge is -2.26. The molecule has 3 rings (SSSR count). The zero-order valence-electron chi connectivity index (χ0n) is 15.7. The maximum atomic E-state index is 12.7. The Morgan fingerprint density at radius 1 is 1.37 bits per heavy atom. The summed E-state index contributed by atoms with van der Waals surface area (Å²) in [4.78, 5) is 29.9. The molecule has 1 aromatic heterocycles. The quantitative estimate of drug-likeness (QED) is 0.787. The number of hydrogen-bond acceptors (Lipinski definition) is 5. The molecule has 1 aromatic carbocycles. The van der Waals surface area contributed by atoms with E-state index in [1.165, 1.54) is 18.9 Å². The van der Waals surface area contributed by atoms with Gasteiger partial charge in [-0.05, 0) is 18.2 Å². The van der Waals surface area contributed by atoms with E-state index in [9.17, 15) is 9.59 Å². The molecule has 0 radical (unpaired) electrons. The summed E-state index contributed by atoms with van der Waals surface area (Å²) in [6.45, 7) is 6.36. The van der Waals surface area contributed by atoms with Crippen molar-refractivity contribution in [2.75, 3.05) is 18.2 Å². The molecule has 1 unspecified atom stereocenters. The van der Waals surface area contributed by atoms with Gasteiger partial charge >= 0.3 is 0 Å². The van der Waals surface area contributed by atoms with Gasteiger partial charge in [0, 0.05) is 28.8 Å². The van der Waals surface area contributed by atoms with Crippen molar-refractivity contribution in [3.8, 4) is 5.75 Å². The van der Waals surface area contributed by atoms with Crippen LogP contribution in [0, 0.1) is 5.92 Å². The van der Waals surface area contributed by atoms with E-state index in [-0.39, 0.29) is 22.8 Å². The van der Waals surface area contributed by atoms with E-state index in [1.807, 2.05) is 20.8 Å². The van der Waals surface area contributed by atoms with E-state index >= 15 is 0 Å². The van der Waals surface area contributed by atoms with Crippen molar-refractivity contribution in [1.82, 2.24) is 9.55 Å². The third kappa shape index (κ3) is 4.30. The molecule has 8 heteroatoms. The van der Waals surface area contributed by atoms with E-state index in [1.54, 1.807) is 28.8 Å². The average molecular weight is 408 g/mol. The lowest BCUT2D eigenvalue weighted by atomic mass is 9.92. The molecule has 0 fully saturated rings. The molecule has 0 bridgehead atoms. The normalized spacial score (nSPS) is 16.6. The van der Waals surface area contributed by atoms with Crippen LogP contribution in [0.5, 0.6) is 5.75 Å². The monoisotopic (exact) mass is 407 g/mol. The highest BCUT2D eigenvalue weighted by Crippen LogP contribution is 2.31. The first kappa shape index (κ1) is 19.8. The molecule has 1 aliphatic heterocycles. The fourth-order valence-electron chi connectivity index (χ4n) is 2.77. The van der Waals surface area contributed by atoms with Crippen molar-refractivity contribution in [2.45, 2.75) is 37.9 Å². The van der Waals surface area contributed by atoms with Crippen molar-refractivity contribution < 1.29 is 9.53 Å². The minimum absolute atomic E-state index is 0.129. The molecule has 0 spiro atoms. The Hall–Kier alpha value is -1.99. The van der Waals surface area contributed by atoms with Gasteiger partial charge in [0.2, 0.25) is 5.91 Å². The van der Waals surface area contributed by atoms with Crippen LogP contribution in [0.15, 0.2) is 34.2 Å². The highest BCUT2D eigenvalue weighted by molar-refractivity contribution is 7.99. The number of hydrogen-bond donors (Lipinski definition) is 1. The third-order valence-corrected chi connectivity index (χ3v) is 5.72. The van der Waals surface area contributed by atoms with Gasteiger partial charge in [-0.25, -0.2) is 4.98 Å². The highest BCUT2D eigenvalue weighted by Gasteiger charge is 2.29. The molecule has 1 atom stereocenters. The molecule has 1 N–H and O–H groups in total. The van der Waals surface area contributed by atoms with Crippen LogP contribution in [0.25, 0.3) is 0 Å². The predicted octanol–water partition coefficient (Wildman–Crippen LogP) is 3.56. The van der Waals surface area contributed by atoms with Gasteiger partial charge in [-0.1, -0.05) is 44.1 Å². The first-order valence-electron chi connectivity index (χ1n) is 8.58. The number of anilines is 1. The zero-order chi connectivity index (χ0) is 19.8. The molecular formula is C19H22ClN3O3S. The third-order valence-electron chi connectivity index (χ3n) is 4.35. The van der Waals surface area contributed by atoms with Gasteiger partial charge in [0.15, 0.2) is 5.16 Å². The van der Waals surface area contributed by atoms with Crippen LogP contribution >= 0.6 is 23.4 Å². The summed E-state index contributed by atoms with van der Waals surface area (Å²) in [7, 11) is 1.53. The molecular weight excluding hydrogens is 386 g/mol. The molecule has 2 aromatic rings. The number of carbonyl (C=O) groups is 1. The van der Waals surface area contributed by atoms with Gasteiger partial charge in [0.1, 0.15) is 5.75 Å². The smallest absolute Gasteiger partial charge is 0.254 e. The maximum Gasteiger partial charge on any atom is 0.254 e. The molecule has 6 nitrogen and oxygen atoms in total. The zero-order valence-corrected chi connectivity index (χ0v) is 17.3. The Bertz CT molecular complexity index is 937. The van der Waals surface area contributed by atoms with Crippen LogP contribution < -0.4 is 15.6 Å². The minimum Gasteiger partial charge on any atom is -0.495 e. The Morgan fingerprint density at radius 3 is 2.78 bits per heavy atom. The number of rotatable bonds is 3. The summed E-state index contributed by atoms with van der Waals surface area (Å²) in [5, 5.41) is 4.03. The van der Waals surface area contributed by atoms with Crippen molar-refractivity contribution in [2.24, 2.45) is 5.92 Å². The van der Waals surface area contributed by atoms with Crippen molar-refractivity contribution >= 4 is 35.0 Å². The Morgan fingerprint density at radius 2 is 2.11 bits per heavy atom. The second-order valence-corrected chi connectivity index (χ2v) is 8.89. The minimum atomic E-state index is -0.355. The number of amides is 1. The highest BCUT2D eigenvalue weighted by atomic mass is 35.5. The van der Waals surface area contributed by atoms with Crippen LogP contribution in [0.4, 0.5) is 5.69 Å². The first-order valence-corrected chi connectivity index (χ1v) is 9.95. The van der Waals surface area contributed by atoms with Gasteiger partial charge in [0.05, 0.1) is 24.4 Å². The first-order chi connectivity index (χ1) is 12.7. The standard InChI is InChI=1S/C19H22ClN3O3S/c1-19(2,3)15-8-16(24)23-9-11(10-27-18(23)22-15)17(25)21-13-7-12(20)5-6-14(13)26-4/h5-8,11H,9-10H2,1-4H3,(H,21,25). The molecule has 2 heterocycles. The second-order valence-electron chi connectivity index (χ2n) is 7.46. The SMILES string of the molecule is COc1ccc(Cl)cc1NC(=O)C1CSc2nc(C(C)(C)C)cc(=O)n2C1. The van der Waals surface area contributed by atoms with Crippen molar-refractivity contribution in [3.63, 3.8) is 0 Å². The van der Waals surface area contributed by atoms with Crippen molar-refractivity contribution in [1.29, 1.82) is 0 Å². The molecule has 1 amide bonds. The molecule has 1 aliphatic rings. The fourth-order valence-corrected chi connectivity index (χ4v) is 4.03. The Kier molecular flexibility index (Phi) is 5.53. The largest absolute Gasteiger partial charge is 0.495 e. The average Bonchev–Trinajstić information content (AvgIpc) is 2.60. The van der Waals surface area contributed by atoms with Crippen LogP contribution in [-0.4, -0.2) is 28.3 Å². The van der Waals surface area contributed by atoms with E-state index in [0.29, 0.717) is 33.9 Å². The summed E-state index contributed by atoms with van der Waals surface area (Å²) < 4.78 is 6.84. The van der Waals surface area contributed by atoms with Gasteiger partial charge < -0.3 is 10.1 Å². The number of nitrogens with one attached hydrogen (secondary N) is 1. The second kappa shape index (κ2) is 7.56. The van der Waals surface area contributed by atoms with Gasteiger partial charge in [-0.15, -0.1) is 0 Å². The van der Waals surface area contributed by atoms with Gasteiger partial charge in [-0.3, -0.25) is 14.2 Å². The van der Waals surface area contributed by atoms with E-state index in [2.05, 4.69) is 10.3 Å². The van der Waals surface area contributed by atoms with E-state index in [4.69, 9.17) is 16.3 Å². The predicted molar refractivity (Wildman–Crippen MR) is 108 cm³/mol. The Labute approximate surface area is 167 Å². The number of aromatic nitrogens is 2. The number of halogens is 1. The summed E-state index contributed by atoms with van der Waals surface area (Å²) >= 11 is 7.44. The number of fused-ring (bicyclic) bond motifs is 1.